The summed E-state index contributed by atoms with van der Waals surface area (Å²) in [5, 5.41) is 3.10. The summed E-state index contributed by atoms with van der Waals surface area (Å²) in [6, 6.07) is 9.01. The number of nitrogens with one attached hydrogen (secondary N) is 2. The first-order chi connectivity index (χ1) is 13.0. The molecule has 0 saturated carbocycles. The van der Waals surface area contributed by atoms with Gasteiger partial charge in [-0.3, -0.25) is 14.4 Å². The van der Waals surface area contributed by atoms with E-state index < -0.39 is 5.97 Å². The van der Waals surface area contributed by atoms with Crippen LogP contribution in [0.1, 0.15) is 31.0 Å². The molecule has 1 aromatic heterocycles. The highest BCUT2D eigenvalue weighted by Gasteiger charge is 2.10. The summed E-state index contributed by atoms with van der Waals surface area (Å²) >= 11 is 1.09. The highest BCUT2D eigenvalue weighted by atomic mass is 32.2. The van der Waals surface area contributed by atoms with E-state index in [1.165, 1.54) is 18.7 Å². The highest BCUT2D eigenvalue weighted by molar-refractivity contribution is 7.99. The summed E-state index contributed by atoms with van der Waals surface area (Å²) in [4.78, 5) is 41.8. The lowest BCUT2D eigenvalue weighted by molar-refractivity contribution is -0.139. The summed E-state index contributed by atoms with van der Waals surface area (Å²) in [5.74, 6) is -0.603. The Morgan fingerprint density at radius 3 is 2.67 bits per heavy atom. The van der Waals surface area contributed by atoms with Crippen LogP contribution in [0.15, 0.2) is 40.3 Å². The molecule has 0 radical (unpaired) electrons. The molecule has 0 fully saturated rings. The molecule has 2 N–H and O–H groups in total. The average Bonchev–Trinajstić information content (AvgIpc) is 2.65. The van der Waals surface area contributed by atoms with Crippen LogP contribution in [0.25, 0.3) is 0 Å². The SMILES string of the molecule is CCCCc1ccc(NC(=O)CSc2nc(CC(=O)OC)cc(=O)[nH]2)cc1. The lowest BCUT2D eigenvalue weighted by Crippen LogP contribution is -2.17. The third kappa shape index (κ3) is 7.26. The molecule has 27 heavy (non-hydrogen) atoms. The molecule has 0 aliphatic rings. The number of nitrogens with zero attached hydrogens (tertiary/aromatic N) is 1. The summed E-state index contributed by atoms with van der Waals surface area (Å²) in [5.41, 5.74) is 1.89. The minimum atomic E-state index is -0.482. The molecule has 0 saturated heterocycles. The number of carbonyl (C=O) groups is 2. The Balaban J connectivity index is 1.89. The van der Waals surface area contributed by atoms with E-state index in [0.29, 0.717) is 5.69 Å². The number of benzene rings is 1. The number of methoxy groups -OCH3 is 1. The van der Waals surface area contributed by atoms with Gasteiger partial charge in [-0.1, -0.05) is 37.2 Å². The summed E-state index contributed by atoms with van der Waals surface area (Å²) < 4.78 is 4.57. The molecular formula is C19H23N3O4S. The van der Waals surface area contributed by atoms with Gasteiger partial charge in [-0.25, -0.2) is 4.98 Å². The maximum absolute atomic E-state index is 12.1. The standard InChI is InChI=1S/C19H23N3O4S/c1-3-4-5-13-6-8-14(9-7-13)20-17(24)12-27-19-21-15(10-16(23)22-19)11-18(25)26-2/h6-10H,3-5,11-12H2,1-2H3,(H,20,24)(H,21,22,23). The van der Waals surface area contributed by atoms with Gasteiger partial charge in [-0.15, -0.1) is 0 Å². The van der Waals surface area contributed by atoms with Crippen LogP contribution in [0.2, 0.25) is 0 Å². The number of unbranched alkanes of at least 4 members (excludes halogenated alkanes) is 1. The van der Waals surface area contributed by atoms with E-state index in [4.69, 9.17) is 0 Å². The molecule has 2 aromatic rings. The zero-order valence-electron chi connectivity index (χ0n) is 15.4. The molecule has 1 amide bonds. The van der Waals surface area contributed by atoms with Crippen molar-refractivity contribution in [1.82, 2.24) is 9.97 Å². The molecule has 1 aromatic carbocycles. The van der Waals surface area contributed by atoms with Crippen LogP contribution < -0.4 is 10.9 Å². The first kappa shape index (κ1) is 20.7. The van der Waals surface area contributed by atoms with Crippen molar-refractivity contribution in [2.24, 2.45) is 0 Å². The van der Waals surface area contributed by atoms with E-state index in [-0.39, 0.29) is 28.8 Å². The fourth-order valence-corrected chi connectivity index (χ4v) is 3.02. The molecule has 0 aliphatic carbocycles. The molecule has 7 nitrogen and oxygen atoms in total. The normalized spacial score (nSPS) is 10.4. The van der Waals surface area contributed by atoms with Crippen molar-refractivity contribution in [3.63, 3.8) is 0 Å². The van der Waals surface area contributed by atoms with Crippen LogP contribution in [0.3, 0.4) is 0 Å². The lowest BCUT2D eigenvalue weighted by Gasteiger charge is -2.07. The number of ether oxygens (including phenoxy) is 1. The Morgan fingerprint density at radius 1 is 1.26 bits per heavy atom. The summed E-state index contributed by atoms with van der Waals surface area (Å²) in [7, 11) is 1.27. The van der Waals surface area contributed by atoms with Crippen LogP contribution in [-0.4, -0.2) is 34.7 Å². The molecular weight excluding hydrogens is 366 g/mol. The number of anilines is 1. The minimum Gasteiger partial charge on any atom is -0.469 e. The molecule has 144 valence electrons. The van der Waals surface area contributed by atoms with Crippen molar-refractivity contribution >= 4 is 29.3 Å². The lowest BCUT2D eigenvalue weighted by atomic mass is 10.1. The molecule has 0 spiro atoms. The third-order valence-electron chi connectivity index (χ3n) is 3.72. The average molecular weight is 389 g/mol. The fourth-order valence-electron chi connectivity index (χ4n) is 2.33. The van der Waals surface area contributed by atoms with E-state index in [0.717, 1.165) is 36.7 Å². The van der Waals surface area contributed by atoms with Gasteiger partial charge in [0.1, 0.15) is 0 Å². The van der Waals surface area contributed by atoms with Crippen LogP contribution in [0.5, 0.6) is 0 Å². The number of esters is 1. The topological polar surface area (TPSA) is 101 Å². The highest BCUT2D eigenvalue weighted by Crippen LogP contribution is 2.15. The van der Waals surface area contributed by atoms with Crippen LogP contribution in [-0.2, 0) is 27.2 Å². The van der Waals surface area contributed by atoms with Crippen molar-refractivity contribution in [3.05, 3.63) is 51.9 Å². The molecule has 0 bridgehead atoms. The second-order valence-corrected chi connectivity index (χ2v) is 6.90. The predicted molar refractivity (Wildman–Crippen MR) is 105 cm³/mol. The maximum atomic E-state index is 12.1. The Kier molecular flexibility index (Phi) is 8.06. The van der Waals surface area contributed by atoms with Gasteiger partial charge in [0.15, 0.2) is 5.16 Å². The van der Waals surface area contributed by atoms with Crippen molar-refractivity contribution < 1.29 is 14.3 Å². The van der Waals surface area contributed by atoms with Gasteiger partial charge >= 0.3 is 5.97 Å². The smallest absolute Gasteiger partial charge is 0.311 e. The van der Waals surface area contributed by atoms with Gasteiger partial charge in [-0.05, 0) is 30.5 Å². The van der Waals surface area contributed by atoms with Gasteiger partial charge in [0.05, 0.1) is 25.0 Å². The fraction of sp³-hybridized carbons (Fsp3) is 0.368. The number of H-pyrrole nitrogens is 1. The Morgan fingerprint density at radius 2 is 2.00 bits per heavy atom. The Labute approximate surface area is 161 Å². The summed E-state index contributed by atoms with van der Waals surface area (Å²) in [6.45, 7) is 2.15. The zero-order chi connectivity index (χ0) is 19.6. The van der Waals surface area contributed by atoms with Crippen LogP contribution >= 0.6 is 11.8 Å². The maximum Gasteiger partial charge on any atom is 0.311 e. The number of hydrogen-bond donors (Lipinski definition) is 2. The molecule has 0 atom stereocenters. The molecule has 1 heterocycles. The first-order valence-electron chi connectivity index (χ1n) is 8.68. The number of carbonyl (C=O) groups excluding carboxylic acids is 2. The zero-order valence-corrected chi connectivity index (χ0v) is 16.2. The van der Waals surface area contributed by atoms with Crippen molar-refractivity contribution in [2.45, 2.75) is 37.8 Å². The largest absolute Gasteiger partial charge is 0.469 e. The van der Waals surface area contributed by atoms with E-state index in [1.54, 1.807) is 0 Å². The summed E-state index contributed by atoms with van der Waals surface area (Å²) in [6.07, 6.45) is 3.22. The quantitative estimate of drug-likeness (QED) is 0.388. The second-order valence-electron chi connectivity index (χ2n) is 5.93. The van der Waals surface area contributed by atoms with Crippen LogP contribution in [0.4, 0.5) is 5.69 Å². The van der Waals surface area contributed by atoms with Crippen LogP contribution in [0, 0.1) is 0 Å². The van der Waals surface area contributed by atoms with Gasteiger partial charge in [0.2, 0.25) is 5.91 Å². The molecule has 8 heteroatoms. The van der Waals surface area contributed by atoms with Crippen molar-refractivity contribution in [1.29, 1.82) is 0 Å². The first-order valence-corrected chi connectivity index (χ1v) is 9.67. The number of aryl methyl sites for hydroxylation is 1. The molecule has 2 rings (SSSR count). The number of aromatic amines is 1. The van der Waals surface area contributed by atoms with Crippen molar-refractivity contribution in [2.75, 3.05) is 18.2 Å². The number of rotatable bonds is 9. The van der Waals surface area contributed by atoms with Gasteiger partial charge in [-0.2, -0.15) is 0 Å². The van der Waals surface area contributed by atoms with Crippen molar-refractivity contribution in [3.8, 4) is 0 Å². The number of amides is 1. The monoisotopic (exact) mass is 389 g/mol. The van der Waals surface area contributed by atoms with E-state index >= 15 is 0 Å². The van der Waals surface area contributed by atoms with E-state index in [9.17, 15) is 14.4 Å². The van der Waals surface area contributed by atoms with Gasteiger partial charge < -0.3 is 15.0 Å². The van der Waals surface area contributed by atoms with E-state index in [2.05, 4.69) is 26.9 Å². The Hall–Kier alpha value is -2.61. The molecule has 0 aliphatic heterocycles. The predicted octanol–water partition coefficient (Wildman–Crippen LogP) is 2.56. The number of aromatic nitrogens is 2. The number of thioether (sulfide) groups is 1. The van der Waals surface area contributed by atoms with Gasteiger partial charge in [0.25, 0.3) is 5.56 Å². The number of hydrogen-bond acceptors (Lipinski definition) is 6. The minimum absolute atomic E-state index is 0.0855. The van der Waals surface area contributed by atoms with Gasteiger partial charge in [0, 0.05) is 11.8 Å². The Bertz CT molecular complexity index is 834. The third-order valence-corrected chi connectivity index (χ3v) is 4.60. The second kappa shape index (κ2) is 10.5. The van der Waals surface area contributed by atoms with E-state index in [1.807, 2.05) is 24.3 Å². The molecule has 0 unspecified atom stereocenters.